The molecule has 0 radical (unpaired) electrons. The number of hydrogen-bond donors (Lipinski definition) is 1. The van der Waals surface area contributed by atoms with Gasteiger partial charge < -0.3 is 10.5 Å². The molecular formula is C13H17BrN2O. The maximum Gasteiger partial charge on any atom is 0.123 e. The first kappa shape index (κ1) is 11.5. The summed E-state index contributed by atoms with van der Waals surface area (Å²) in [6.45, 7) is 3.13. The van der Waals surface area contributed by atoms with Crippen LogP contribution >= 0.6 is 15.9 Å². The second kappa shape index (κ2) is 4.59. The summed E-state index contributed by atoms with van der Waals surface area (Å²) >= 11 is 3.50. The summed E-state index contributed by atoms with van der Waals surface area (Å²) in [4.78, 5) is 2.41. The van der Waals surface area contributed by atoms with Crippen LogP contribution in [0.2, 0.25) is 0 Å². The van der Waals surface area contributed by atoms with Crippen LogP contribution in [0.5, 0.6) is 5.75 Å². The van der Waals surface area contributed by atoms with E-state index in [0.717, 1.165) is 42.7 Å². The molecule has 17 heavy (non-hydrogen) atoms. The molecule has 1 aromatic carbocycles. The van der Waals surface area contributed by atoms with E-state index in [1.807, 2.05) is 6.07 Å². The van der Waals surface area contributed by atoms with Gasteiger partial charge in [-0.3, -0.25) is 4.90 Å². The van der Waals surface area contributed by atoms with Gasteiger partial charge in [0.1, 0.15) is 11.9 Å². The van der Waals surface area contributed by atoms with Gasteiger partial charge in [0.25, 0.3) is 0 Å². The molecule has 0 aliphatic carbocycles. The van der Waals surface area contributed by atoms with Gasteiger partial charge in [0.15, 0.2) is 0 Å². The van der Waals surface area contributed by atoms with Gasteiger partial charge in [-0.15, -0.1) is 0 Å². The minimum Gasteiger partial charge on any atom is -0.488 e. The zero-order chi connectivity index (χ0) is 11.8. The molecule has 4 heteroatoms. The molecule has 1 fully saturated rings. The van der Waals surface area contributed by atoms with E-state index in [0.29, 0.717) is 12.1 Å². The predicted octanol–water partition coefficient (Wildman–Crippen LogP) is 1.79. The Labute approximate surface area is 110 Å². The Hall–Kier alpha value is -0.580. The zero-order valence-corrected chi connectivity index (χ0v) is 11.3. The Morgan fingerprint density at radius 3 is 3.12 bits per heavy atom. The molecule has 92 valence electrons. The molecule has 1 unspecified atom stereocenters. The van der Waals surface area contributed by atoms with Crippen LogP contribution < -0.4 is 10.5 Å². The minimum atomic E-state index is 0.296. The molecular weight excluding hydrogens is 280 g/mol. The summed E-state index contributed by atoms with van der Waals surface area (Å²) in [6.07, 6.45) is 2.43. The lowest BCUT2D eigenvalue weighted by Crippen LogP contribution is -2.35. The third kappa shape index (κ3) is 2.49. The Balaban J connectivity index is 1.62. The highest BCUT2D eigenvalue weighted by atomic mass is 79.9. The molecule has 0 amide bonds. The number of benzene rings is 1. The van der Waals surface area contributed by atoms with Gasteiger partial charge >= 0.3 is 0 Å². The zero-order valence-electron chi connectivity index (χ0n) is 9.73. The van der Waals surface area contributed by atoms with E-state index in [9.17, 15) is 0 Å². The van der Waals surface area contributed by atoms with E-state index in [1.165, 1.54) is 5.56 Å². The third-order valence-corrected chi connectivity index (χ3v) is 4.03. The number of halogens is 1. The van der Waals surface area contributed by atoms with E-state index in [-0.39, 0.29) is 0 Å². The average molecular weight is 297 g/mol. The predicted molar refractivity (Wildman–Crippen MR) is 71.3 cm³/mol. The maximum absolute atomic E-state index is 5.96. The van der Waals surface area contributed by atoms with Crippen molar-refractivity contribution < 1.29 is 4.74 Å². The van der Waals surface area contributed by atoms with Crippen molar-refractivity contribution in [3.8, 4) is 5.75 Å². The summed E-state index contributed by atoms with van der Waals surface area (Å²) in [6, 6.07) is 6.60. The van der Waals surface area contributed by atoms with Gasteiger partial charge in [-0.2, -0.15) is 0 Å². The number of rotatable bonds is 2. The maximum atomic E-state index is 5.96. The summed E-state index contributed by atoms with van der Waals surface area (Å²) in [5.74, 6) is 1.04. The number of hydrogen-bond acceptors (Lipinski definition) is 3. The summed E-state index contributed by atoms with van der Waals surface area (Å²) in [5.41, 5.74) is 7.23. The lowest BCUT2D eigenvalue weighted by atomic mass is 10.1. The van der Waals surface area contributed by atoms with Gasteiger partial charge in [0.2, 0.25) is 0 Å². The quantitative estimate of drug-likeness (QED) is 0.904. The van der Waals surface area contributed by atoms with Gasteiger partial charge in [-0.1, -0.05) is 15.9 Å². The summed E-state index contributed by atoms with van der Waals surface area (Å²) in [5, 5.41) is 0. The molecule has 2 atom stereocenters. The molecule has 3 rings (SSSR count). The van der Waals surface area contributed by atoms with Crippen molar-refractivity contribution in [1.82, 2.24) is 4.90 Å². The monoisotopic (exact) mass is 296 g/mol. The molecule has 2 heterocycles. The number of nitrogens with zero attached hydrogens (tertiary/aromatic N) is 1. The second-order valence-electron chi connectivity index (χ2n) is 5.00. The van der Waals surface area contributed by atoms with Crippen molar-refractivity contribution in [2.45, 2.75) is 25.0 Å². The van der Waals surface area contributed by atoms with Crippen molar-refractivity contribution in [3.05, 3.63) is 28.2 Å². The molecule has 0 spiro atoms. The van der Waals surface area contributed by atoms with E-state index in [2.05, 4.69) is 33.0 Å². The number of likely N-dealkylation sites (tertiary alicyclic amines) is 1. The highest BCUT2D eigenvalue weighted by Gasteiger charge is 2.27. The van der Waals surface area contributed by atoms with Crippen molar-refractivity contribution in [2.24, 2.45) is 5.73 Å². The molecule has 3 nitrogen and oxygen atoms in total. The SMILES string of the molecule is N[C@@H]1CCN(CC2Cc3cc(Br)ccc3O2)C1. The van der Waals surface area contributed by atoms with Crippen LogP contribution in [0.25, 0.3) is 0 Å². The first-order valence-corrected chi connectivity index (χ1v) is 6.93. The van der Waals surface area contributed by atoms with E-state index >= 15 is 0 Å². The fraction of sp³-hybridized carbons (Fsp3) is 0.538. The van der Waals surface area contributed by atoms with Crippen LogP contribution in [0.4, 0.5) is 0 Å². The normalized spacial score (nSPS) is 28.1. The fourth-order valence-corrected chi connectivity index (χ4v) is 3.12. The second-order valence-corrected chi connectivity index (χ2v) is 5.92. The number of fused-ring (bicyclic) bond motifs is 1. The molecule has 1 saturated heterocycles. The Bertz CT molecular complexity index is 424. The fourth-order valence-electron chi connectivity index (χ4n) is 2.71. The van der Waals surface area contributed by atoms with Gasteiger partial charge in [-0.05, 0) is 36.7 Å². The first-order valence-electron chi connectivity index (χ1n) is 6.14. The minimum absolute atomic E-state index is 0.296. The Morgan fingerprint density at radius 1 is 1.47 bits per heavy atom. The largest absolute Gasteiger partial charge is 0.488 e. The Kier molecular flexibility index (Phi) is 3.11. The molecule has 0 bridgehead atoms. The standard InChI is InChI=1S/C13H17BrN2O/c14-10-1-2-13-9(5-10)6-12(17-13)8-16-4-3-11(15)7-16/h1-2,5,11-12H,3-4,6-8,15H2/t11-,12?/m1/s1. The van der Waals surface area contributed by atoms with E-state index < -0.39 is 0 Å². The van der Waals surface area contributed by atoms with Gasteiger partial charge in [0, 0.05) is 30.0 Å². The lowest BCUT2D eigenvalue weighted by Gasteiger charge is -2.19. The molecule has 2 aliphatic heterocycles. The van der Waals surface area contributed by atoms with Crippen LogP contribution in [-0.4, -0.2) is 36.7 Å². The summed E-state index contributed by atoms with van der Waals surface area (Å²) in [7, 11) is 0. The molecule has 2 N–H and O–H groups in total. The van der Waals surface area contributed by atoms with E-state index in [4.69, 9.17) is 10.5 Å². The summed E-state index contributed by atoms with van der Waals surface area (Å²) < 4.78 is 7.08. The molecule has 2 aliphatic rings. The lowest BCUT2D eigenvalue weighted by molar-refractivity contribution is 0.167. The van der Waals surface area contributed by atoms with Crippen LogP contribution in [0.1, 0.15) is 12.0 Å². The highest BCUT2D eigenvalue weighted by molar-refractivity contribution is 9.10. The topological polar surface area (TPSA) is 38.5 Å². The number of nitrogens with two attached hydrogens (primary N) is 1. The van der Waals surface area contributed by atoms with Crippen LogP contribution in [-0.2, 0) is 6.42 Å². The van der Waals surface area contributed by atoms with Crippen molar-refractivity contribution in [2.75, 3.05) is 19.6 Å². The highest BCUT2D eigenvalue weighted by Crippen LogP contribution is 2.31. The van der Waals surface area contributed by atoms with Crippen LogP contribution in [0.15, 0.2) is 22.7 Å². The van der Waals surface area contributed by atoms with Crippen LogP contribution in [0, 0.1) is 0 Å². The van der Waals surface area contributed by atoms with Crippen molar-refractivity contribution >= 4 is 15.9 Å². The van der Waals surface area contributed by atoms with Crippen LogP contribution in [0.3, 0.4) is 0 Å². The third-order valence-electron chi connectivity index (χ3n) is 3.53. The Morgan fingerprint density at radius 2 is 2.35 bits per heavy atom. The van der Waals surface area contributed by atoms with Gasteiger partial charge in [0.05, 0.1) is 0 Å². The first-order chi connectivity index (χ1) is 8.20. The molecule has 0 saturated carbocycles. The van der Waals surface area contributed by atoms with Crippen molar-refractivity contribution in [3.63, 3.8) is 0 Å². The van der Waals surface area contributed by atoms with Crippen molar-refractivity contribution in [1.29, 1.82) is 0 Å². The van der Waals surface area contributed by atoms with E-state index in [1.54, 1.807) is 0 Å². The molecule has 1 aromatic rings. The van der Waals surface area contributed by atoms with Gasteiger partial charge in [-0.25, -0.2) is 0 Å². The number of ether oxygens (including phenoxy) is 1. The smallest absolute Gasteiger partial charge is 0.123 e. The average Bonchev–Trinajstić information content (AvgIpc) is 2.84. The molecule has 0 aromatic heterocycles.